The Kier molecular flexibility index (Phi) is 3.88. The van der Waals surface area contributed by atoms with E-state index in [4.69, 9.17) is 5.73 Å². The van der Waals surface area contributed by atoms with Crippen LogP contribution in [0.2, 0.25) is 0 Å². The molecule has 0 amide bonds. The van der Waals surface area contributed by atoms with Crippen molar-refractivity contribution in [3.8, 4) is 0 Å². The highest BCUT2D eigenvalue weighted by Crippen LogP contribution is 2.27. The van der Waals surface area contributed by atoms with E-state index in [1.165, 1.54) is 5.56 Å². The van der Waals surface area contributed by atoms with E-state index in [0.29, 0.717) is 0 Å². The maximum Gasteiger partial charge on any atom is 0.125 e. The summed E-state index contributed by atoms with van der Waals surface area (Å²) in [6.45, 7) is 0. The summed E-state index contributed by atoms with van der Waals surface area (Å²) in [6.07, 6.45) is 1.89. The number of nitrogens with two attached hydrogens (primary N) is 1. The Morgan fingerprint density at radius 1 is 1.24 bits per heavy atom. The van der Waals surface area contributed by atoms with E-state index < -0.39 is 0 Å². The molecule has 0 radical (unpaired) electrons. The Bertz CT molecular complexity index is 482. The lowest BCUT2D eigenvalue weighted by Crippen LogP contribution is -1.92. The van der Waals surface area contributed by atoms with Gasteiger partial charge in [-0.05, 0) is 23.8 Å². The van der Waals surface area contributed by atoms with Crippen LogP contribution < -0.4 is 11.1 Å². The molecule has 1 aromatic carbocycles. The van der Waals surface area contributed by atoms with Crippen LogP contribution in [0, 0.1) is 0 Å². The number of aromatic nitrogens is 1. The zero-order valence-electron chi connectivity index (χ0n) is 9.68. The quantitative estimate of drug-likeness (QED) is 0.642. The SMILES string of the molecule is CNc1ccc(CSc2ccccc2N)cn1. The first-order chi connectivity index (χ1) is 8.29. The smallest absolute Gasteiger partial charge is 0.125 e. The molecule has 4 heteroatoms. The lowest BCUT2D eigenvalue weighted by molar-refractivity contribution is 1.23. The highest BCUT2D eigenvalue weighted by Gasteiger charge is 2.00. The molecular formula is C13H15N3S. The van der Waals surface area contributed by atoms with E-state index in [9.17, 15) is 0 Å². The molecule has 0 fully saturated rings. The second-order valence-corrected chi connectivity index (χ2v) is 4.65. The van der Waals surface area contributed by atoms with Gasteiger partial charge in [0.1, 0.15) is 5.82 Å². The predicted octanol–water partition coefficient (Wildman–Crippen LogP) is 3.00. The van der Waals surface area contributed by atoms with Gasteiger partial charge in [0.2, 0.25) is 0 Å². The molecule has 0 saturated carbocycles. The Hall–Kier alpha value is -1.68. The number of hydrogen-bond acceptors (Lipinski definition) is 4. The van der Waals surface area contributed by atoms with Gasteiger partial charge < -0.3 is 11.1 Å². The third-order valence-corrected chi connectivity index (χ3v) is 3.55. The molecule has 0 unspecified atom stereocenters. The summed E-state index contributed by atoms with van der Waals surface area (Å²) >= 11 is 1.73. The minimum atomic E-state index is 0.831. The van der Waals surface area contributed by atoms with Crippen LogP contribution in [0.4, 0.5) is 11.5 Å². The summed E-state index contributed by atoms with van der Waals surface area (Å²) in [4.78, 5) is 5.39. The van der Waals surface area contributed by atoms with Crippen LogP contribution >= 0.6 is 11.8 Å². The van der Waals surface area contributed by atoms with Crippen molar-refractivity contribution >= 4 is 23.3 Å². The van der Waals surface area contributed by atoms with E-state index >= 15 is 0 Å². The summed E-state index contributed by atoms with van der Waals surface area (Å²) in [5.74, 6) is 1.77. The maximum absolute atomic E-state index is 5.88. The van der Waals surface area contributed by atoms with Crippen molar-refractivity contribution in [2.45, 2.75) is 10.6 Å². The largest absolute Gasteiger partial charge is 0.398 e. The zero-order valence-corrected chi connectivity index (χ0v) is 10.5. The number of thioether (sulfide) groups is 1. The van der Waals surface area contributed by atoms with Gasteiger partial charge in [0.25, 0.3) is 0 Å². The molecule has 1 aromatic heterocycles. The molecule has 0 aliphatic carbocycles. The molecule has 0 aliphatic heterocycles. The normalized spacial score (nSPS) is 10.2. The van der Waals surface area contributed by atoms with Crippen molar-refractivity contribution in [1.82, 2.24) is 4.98 Å². The second-order valence-electron chi connectivity index (χ2n) is 3.63. The van der Waals surface area contributed by atoms with Crippen molar-refractivity contribution in [3.63, 3.8) is 0 Å². The van der Waals surface area contributed by atoms with Gasteiger partial charge in [-0.1, -0.05) is 18.2 Å². The number of nitrogens with one attached hydrogen (secondary N) is 1. The molecule has 3 N–H and O–H groups in total. The molecule has 0 aliphatic rings. The summed E-state index contributed by atoms with van der Waals surface area (Å²) in [5, 5.41) is 3.00. The van der Waals surface area contributed by atoms with Gasteiger partial charge in [-0.25, -0.2) is 4.98 Å². The van der Waals surface area contributed by atoms with Crippen molar-refractivity contribution in [3.05, 3.63) is 48.2 Å². The molecule has 2 aromatic rings. The fourth-order valence-corrected chi connectivity index (χ4v) is 2.33. The van der Waals surface area contributed by atoms with Gasteiger partial charge in [-0.15, -0.1) is 11.8 Å². The standard InChI is InChI=1S/C13H15N3S/c1-15-13-7-6-10(8-16-13)9-17-12-5-3-2-4-11(12)14/h2-8H,9,14H2,1H3,(H,15,16). The van der Waals surface area contributed by atoms with Gasteiger partial charge in [0.15, 0.2) is 0 Å². The van der Waals surface area contributed by atoms with E-state index in [1.807, 2.05) is 43.6 Å². The van der Waals surface area contributed by atoms with E-state index in [2.05, 4.69) is 16.4 Å². The van der Waals surface area contributed by atoms with Crippen molar-refractivity contribution in [2.75, 3.05) is 18.1 Å². The average Bonchev–Trinajstić information content (AvgIpc) is 2.38. The van der Waals surface area contributed by atoms with Gasteiger partial charge in [-0.3, -0.25) is 0 Å². The number of para-hydroxylation sites is 1. The second kappa shape index (κ2) is 5.59. The molecule has 2 rings (SSSR count). The Morgan fingerprint density at radius 3 is 2.71 bits per heavy atom. The Labute approximate surface area is 105 Å². The topological polar surface area (TPSA) is 50.9 Å². The first-order valence-corrected chi connectivity index (χ1v) is 6.38. The zero-order chi connectivity index (χ0) is 12.1. The highest BCUT2D eigenvalue weighted by molar-refractivity contribution is 7.98. The van der Waals surface area contributed by atoms with Gasteiger partial charge in [0.05, 0.1) is 0 Å². The molecular weight excluding hydrogens is 230 g/mol. The number of anilines is 2. The van der Waals surface area contributed by atoms with Crippen LogP contribution in [0.25, 0.3) is 0 Å². The van der Waals surface area contributed by atoms with Gasteiger partial charge >= 0.3 is 0 Å². The average molecular weight is 245 g/mol. The lowest BCUT2D eigenvalue weighted by atomic mass is 10.3. The van der Waals surface area contributed by atoms with Crippen molar-refractivity contribution in [2.24, 2.45) is 0 Å². The van der Waals surface area contributed by atoms with Crippen LogP contribution in [0.1, 0.15) is 5.56 Å². The summed E-state index contributed by atoms with van der Waals surface area (Å²) < 4.78 is 0. The molecule has 0 atom stereocenters. The van der Waals surface area contributed by atoms with Crippen LogP contribution in [0.15, 0.2) is 47.5 Å². The lowest BCUT2D eigenvalue weighted by Gasteiger charge is -2.05. The summed E-state index contributed by atoms with van der Waals surface area (Å²) in [7, 11) is 1.86. The molecule has 0 bridgehead atoms. The van der Waals surface area contributed by atoms with Crippen LogP contribution in [0.3, 0.4) is 0 Å². The number of nitrogen functional groups attached to an aromatic ring is 1. The monoisotopic (exact) mass is 245 g/mol. The number of nitrogens with zero attached hydrogens (tertiary/aromatic N) is 1. The minimum absolute atomic E-state index is 0.831. The predicted molar refractivity (Wildman–Crippen MR) is 74.2 cm³/mol. The Morgan fingerprint density at radius 2 is 2.06 bits per heavy atom. The van der Waals surface area contributed by atoms with E-state index in [-0.39, 0.29) is 0 Å². The third kappa shape index (κ3) is 3.14. The molecule has 17 heavy (non-hydrogen) atoms. The van der Waals surface area contributed by atoms with Crippen LogP contribution in [0.5, 0.6) is 0 Å². The summed E-state index contributed by atoms with van der Waals surface area (Å²) in [5.41, 5.74) is 7.91. The van der Waals surface area contributed by atoms with E-state index in [0.717, 1.165) is 22.2 Å². The van der Waals surface area contributed by atoms with Crippen molar-refractivity contribution < 1.29 is 0 Å². The molecule has 1 heterocycles. The first-order valence-electron chi connectivity index (χ1n) is 5.39. The van der Waals surface area contributed by atoms with Crippen molar-refractivity contribution in [1.29, 1.82) is 0 Å². The highest BCUT2D eigenvalue weighted by atomic mass is 32.2. The molecule has 88 valence electrons. The fourth-order valence-electron chi connectivity index (χ4n) is 1.43. The van der Waals surface area contributed by atoms with Gasteiger partial charge in [-0.2, -0.15) is 0 Å². The maximum atomic E-state index is 5.88. The third-order valence-electron chi connectivity index (χ3n) is 2.39. The number of pyridine rings is 1. The Balaban J connectivity index is 2.00. The number of benzene rings is 1. The van der Waals surface area contributed by atoms with Gasteiger partial charge in [0, 0.05) is 29.6 Å². The fraction of sp³-hybridized carbons (Fsp3) is 0.154. The van der Waals surface area contributed by atoms with Crippen LogP contribution in [-0.4, -0.2) is 12.0 Å². The first kappa shape index (κ1) is 11.8. The number of rotatable bonds is 4. The molecule has 0 spiro atoms. The number of hydrogen-bond donors (Lipinski definition) is 2. The van der Waals surface area contributed by atoms with Crippen LogP contribution in [-0.2, 0) is 5.75 Å². The minimum Gasteiger partial charge on any atom is -0.398 e. The molecule has 0 saturated heterocycles. The molecule has 3 nitrogen and oxygen atoms in total. The van der Waals surface area contributed by atoms with E-state index in [1.54, 1.807) is 11.8 Å². The summed E-state index contributed by atoms with van der Waals surface area (Å²) in [6, 6.07) is 12.0.